The summed E-state index contributed by atoms with van der Waals surface area (Å²) in [6, 6.07) is 85.8. The molecule has 0 saturated heterocycles. The van der Waals surface area contributed by atoms with Crippen molar-refractivity contribution in [1.82, 2.24) is 0 Å². The number of nitrogens with zero attached hydrogens (tertiary/aromatic N) is 1. The molecule has 0 aliphatic heterocycles. The molecule has 1 nitrogen and oxygen atoms in total. The Balaban J connectivity index is 1.18. The Morgan fingerprint density at radius 1 is 0.228 bits per heavy atom. The molecule has 268 valence electrons. The summed E-state index contributed by atoms with van der Waals surface area (Å²) in [6.45, 7) is 0. The summed E-state index contributed by atoms with van der Waals surface area (Å²) in [5.74, 6) is 0. The quantitative estimate of drug-likeness (QED) is 0.151. The molecule has 0 spiro atoms. The van der Waals surface area contributed by atoms with Crippen molar-refractivity contribution in [2.45, 2.75) is 0 Å². The Labute approximate surface area is 334 Å². The van der Waals surface area contributed by atoms with E-state index in [1.807, 2.05) is 0 Å². The van der Waals surface area contributed by atoms with E-state index in [9.17, 15) is 0 Å². The van der Waals surface area contributed by atoms with Crippen LogP contribution in [0.3, 0.4) is 0 Å². The zero-order valence-electron chi connectivity index (χ0n) is 31.5. The molecule has 0 atom stereocenters. The van der Waals surface area contributed by atoms with Crippen molar-refractivity contribution in [3.05, 3.63) is 237 Å². The van der Waals surface area contributed by atoms with Crippen LogP contribution in [-0.4, -0.2) is 0 Å². The van der Waals surface area contributed by atoms with Crippen molar-refractivity contribution in [1.29, 1.82) is 0 Å². The molecule has 0 fully saturated rings. The minimum Gasteiger partial charge on any atom is -0.309 e. The number of benzene rings is 10. The highest BCUT2D eigenvalue weighted by atomic mass is 15.1. The molecule has 0 amide bonds. The van der Waals surface area contributed by atoms with Gasteiger partial charge in [0.05, 0.1) is 11.4 Å². The lowest BCUT2D eigenvalue weighted by molar-refractivity contribution is 1.28. The molecule has 0 saturated carbocycles. The van der Waals surface area contributed by atoms with Crippen LogP contribution >= 0.6 is 0 Å². The number of anilines is 3. The first-order valence-electron chi connectivity index (χ1n) is 19.6. The molecule has 10 rings (SSSR count). The summed E-state index contributed by atoms with van der Waals surface area (Å²) in [5, 5.41) is 4.96. The van der Waals surface area contributed by atoms with Gasteiger partial charge in [0, 0.05) is 16.8 Å². The van der Waals surface area contributed by atoms with Crippen molar-refractivity contribution < 1.29 is 0 Å². The molecule has 0 aliphatic rings. The van der Waals surface area contributed by atoms with E-state index in [4.69, 9.17) is 0 Å². The van der Waals surface area contributed by atoms with Gasteiger partial charge in [-0.25, -0.2) is 0 Å². The highest BCUT2D eigenvalue weighted by Gasteiger charge is 2.22. The maximum absolute atomic E-state index is 2.46. The van der Waals surface area contributed by atoms with Crippen LogP contribution in [0.15, 0.2) is 237 Å². The molecule has 0 unspecified atom stereocenters. The smallest absolute Gasteiger partial charge is 0.0546 e. The van der Waals surface area contributed by atoms with Crippen LogP contribution in [0.1, 0.15) is 0 Å². The third kappa shape index (κ3) is 6.66. The summed E-state index contributed by atoms with van der Waals surface area (Å²) in [4.78, 5) is 2.46. The van der Waals surface area contributed by atoms with E-state index in [1.54, 1.807) is 0 Å². The Morgan fingerprint density at radius 3 is 1.49 bits per heavy atom. The van der Waals surface area contributed by atoms with Gasteiger partial charge in [-0.15, -0.1) is 0 Å². The Hall–Kier alpha value is -7.48. The summed E-state index contributed by atoms with van der Waals surface area (Å²) < 4.78 is 0. The van der Waals surface area contributed by atoms with Crippen LogP contribution in [0.25, 0.3) is 77.2 Å². The summed E-state index contributed by atoms with van der Waals surface area (Å²) in [7, 11) is 0. The maximum Gasteiger partial charge on any atom is 0.0546 e. The topological polar surface area (TPSA) is 3.24 Å². The SMILES string of the molecule is c1ccc(-c2ccc(-c3ccccc3N(c3ccc(-c4cccc5ccccc45)cc3)c3cc(-c4ccc5ccccc5c4)ccc3-c3ccccc3)cc2)cc1. The zero-order valence-corrected chi connectivity index (χ0v) is 31.5. The molecule has 0 heterocycles. The van der Waals surface area contributed by atoms with Gasteiger partial charge in [-0.2, -0.15) is 0 Å². The van der Waals surface area contributed by atoms with Crippen LogP contribution in [0.2, 0.25) is 0 Å². The average molecular weight is 726 g/mol. The lowest BCUT2D eigenvalue weighted by Crippen LogP contribution is -2.12. The van der Waals surface area contributed by atoms with Crippen molar-refractivity contribution >= 4 is 38.6 Å². The second-order valence-electron chi connectivity index (χ2n) is 14.5. The van der Waals surface area contributed by atoms with Gasteiger partial charge in [0.15, 0.2) is 0 Å². The van der Waals surface area contributed by atoms with Gasteiger partial charge in [-0.1, -0.05) is 206 Å². The molecule has 57 heavy (non-hydrogen) atoms. The van der Waals surface area contributed by atoms with Crippen LogP contribution in [0.5, 0.6) is 0 Å². The molecule has 0 N–H and O–H groups in total. The second-order valence-corrected chi connectivity index (χ2v) is 14.5. The standard InChI is InChI=1S/C56H39N/c1-3-14-40(15-4-1)42-26-29-46(30-27-42)53-23-11-12-25-55(53)57(50-35-32-45(33-36-50)52-24-13-21-43-19-9-10-22-51(43)52)56-39-49(34-37-54(56)44-17-5-2-6-18-44)48-31-28-41-16-7-8-20-47(41)38-48/h1-39H. The van der Waals surface area contributed by atoms with E-state index in [-0.39, 0.29) is 0 Å². The van der Waals surface area contributed by atoms with Gasteiger partial charge >= 0.3 is 0 Å². The molecule has 1 heteroatoms. The average Bonchev–Trinajstić information content (AvgIpc) is 3.30. The molecule has 0 aromatic heterocycles. The highest BCUT2D eigenvalue weighted by molar-refractivity contribution is 5.99. The predicted molar refractivity (Wildman–Crippen MR) is 243 cm³/mol. The number of fused-ring (bicyclic) bond motifs is 2. The largest absolute Gasteiger partial charge is 0.309 e. The van der Waals surface area contributed by atoms with E-state index in [0.29, 0.717) is 0 Å². The fraction of sp³-hybridized carbons (Fsp3) is 0. The molecule has 0 aliphatic carbocycles. The molecule has 0 radical (unpaired) electrons. The van der Waals surface area contributed by atoms with E-state index in [0.717, 1.165) is 39.3 Å². The van der Waals surface area contributed by atoms with Crippen LogP contribution in [0.4, 0.5) is 17.1 Å². The Kier molecular flexibility index (Phi) is 8.95. The first kappa shape index (κ1) is 34.0. The van der Waals surface area contributed by atoms with E-state index < -0.39 is 0 Å². The Bertz CT molecular complexity index is 2980. The van der Waals surface area contributed by atoms with E-state index in [1.165, 1.54) is 54.9 Å². The number of rotatable bonds is 8. The van der Waals surface area contributed by atoms with Crippen LogP contribution in [0, 0.1) is 0 Å². The van der Waals surface area contributed by atoms with Gasteiger partial charge in [0.25, 0.3) is 0 Å². The maximum atomic E-state index is 2.46. The van der Waals surface area contributed by atoms with Gasteiger partial charge in [0.1, 0.15) is 0 Å². The van der Waals surface area contributed by atoms with Gasteiger partial charge in [-0.3, -0.25) is 0 Å². The number of hydrogen-bond donors (Lipinski definition) is 0. The first-order chi connectivity index (χ1) is 28.3. The zero-order chi connectivity index (χ0) is 38.0. The molecule has 0 bridgehead atoms. The van der Waals surface area contributed by atoms with Gasteiger partial charge in [-0.05, 0) is 96.4 Å². The summed E-state index contributed by atoms with van der Waals surface area (Å²) in [6.07, 6.45) is 0. The highest BCUT2D eigenvalue weighted by Crippen LogP contribution is 2.47. The van der Waals surface area contributed by atoms with Crippen molar-refractivity contribution in [3.8, 4) is 55.6 Å². The van der Waals surface area contributed by atoms with E-state index in [2.05, 4.69) is 241 Å². The third-order valence-electron chi connectivity index (χ3n) is 11.1. The lowest BCUT2D eigenvalue weighted by atomic mass is 9.94. The second kappa shape index (κ2) is 15.0. The van der Waals surface area contributed by atoms with Crippen LogP contribution in [-0.2, 0) is 0 Å². The van der Waals surface area contributed by atoms with Gasteiger partial charge in [0.2, 0.25) is 0 Å². The molecule has 10 aromatic rings. The summed E-state index contributed by atoms with van der Waals surface area (Å²) >= 11 is 0. The Morgan fingerprint density at radius 2 is 0.702 bits per heavy atom. The summed E-state index contributed by atoms with van der Waals surface area (Å²) in [5.41, 5.74) is 15.1. The lowest BCUT2D eigenvalue weighted by Gasteiger charge is -2.30. The van der Waals surface area contributed by atoms with Crippen molar-refractivity contribution in [2.75, 3.05) is 4.90 Å². The fourth-order valence-electron chi connectivity index (χ4n) is 8.19. The van der Waals surface area contributed by atoms with E-state index >= 15 is 0 Å². The minimum atomic E-state index is 1.08. The number of hydrogen-bond acceptors (Lipinski definition) is 1. The normalized spacial score (nSPS) is 11.2. The third-order valence-corrected chi connectivity index (χ3v) is 11.1. The molecular weight excluding hydrogens is 687 g/mol. The van der Waals surface area contributed by atoms with Crippen molar-refractivity contribution in [3.63, 3.8) is 0 Å². The monoisotopic (exact) mass is 725 g/mol. The first-order valence-corrected chi connectivity index (χ1v) is 19.6. The molecular formula is C56H39N. The predicted octanol–water partition coefficient (Wildman–Crippen LogP) is 15.8. The fourth-order valence-corrected chi connectivity index (χ4v) is 8.19. The van der Waals surface area contributed by atoms with Crippen LogP contribution < -0.4 is 4.90 Å². The minimum absolute atomic E-state index is 1.08. The number of para-hydroxylation sites is 1. The van der Waals surface area contributed by atoms with Crippen molar-refractivity contribution in [2.24, 2.45) is 0 Å². The molecule has 10 aromatic carbocycles. The van der Waals surface area contributed by atoms with Gasteiger partial charge < -0.3 is 4.90 Å².